The van der Waals surface area contributed by atoms with Crippen LogP contribution in [0.5, 0.6) is 0 Å². The van der Waals surface area contributed by atoms with E-state index in [1.165, 1.54) is 0 Å². The number of rotatable bonds is 0. The number of nitrogens with two attached hydrogens (primary N) is 1. The molecular weight excluding hydrogens is 166 g/mol. The number of carbonyl (C=O) groups is 1. The average Bonchev–Trinajstić information content (AvgIpc) is 2.02. The predicted octanol–water partition coefficient (Wildman–Crippen LogP) is 0.657. The van der Waals surface area contributed by atoms with Crippen LogP contribution in [0, 0.1) is 0 Å². The highest BCUT2D eigenvalue weighted by atomic mass is 16.2. The maximum Gasteiger partial charge on any atom is 0.243 e. The molecule has 1 aromatic carbocycles. The van der Waals surface area contributed by atoms with E-state index in [4.69, 9.17) is 5.73 Å². The number of para-hydroxylation sites is 1. The second-order valence-electron chi connectivity index (χ2n) is 3.15. The Morgan fingerprint density at radius 2 is 2.31 bits per heavy atom. The highest BCUT2D eigenvalue weighted by molar-refractivity contribution is 6.03. The van der Waals surface area contributed by atoms with Crippen LogP contribution >= 0.6 is 0 Å². The molecule has 0 radical (unpaired) electrons. The van der Waals surface area contributed by atoms with Crippen LogP contribution < -0.4 is 16.0 Å². The molecule has 0 saturated carbocycles. The molecule has 0 aliphatic carbocycles. The highest BCUT2D eigenvalue weighted by Gasteiger charge is 2.20. The predicted molar refractivity (Wildman–Crippen MR) is 52.8 cm³/mol. The third kappa shape index (κ3) is 1.20. The molecule has 1 aromatic rings. The van der Waals surface area contributed by atoms with Crippen molar-refractivity contribution in [3.8, 4) is 0 Å². The Bertz CT molecular complexity index is 362. The molecule has 1 heterocycles. The van der Waals surface area contributed by atoms with E-state index in [-0.39, 0.29) is 5.91 Å². The molecule has 4 nitrogen and oxygen atoms in total. The topological polar surface area (TPSA) is 58.4 Å². The number of nitrogen functional groups attached to an aromatic ring is 1. The average molecular weight is 177 g/mol. The lowest BCUT2D eigenvalue weighted by atomic mass is 10.2. The summed E-state index contributed by atoms with van der Waals surface area (Å²) in [6.45, 7) is 0.362. The molecule has 2 rings (SSSR count). The third-order valence-corrected chi connectivity index (χ3v) is 2.10. The fraction of sp³-hybridized carbons (Fsp3) is 0.222. The van der Waals surface area contributed by atoms with Gasteiger partial charge < -0.3 is 16.0 Å². The van der Waals surface area contributed by atoms with Crippen molar-refractivity contribution in [1.82, 2.24) is 0 Å². The number of likely N-dealkylation sites (N-methyl/N-ethyl adjacent to an activating group) is 1. The van der Waals surface area contributed by atoms with E-state index in [2.05, 4.69) is 5.32 Å². The van der Waals surface area contributed by atoms with Crippen LogP contribution in [0.15, 0.2) is 18.2 Å². The first kappa shape index (κ1) is 7.91. The van der Waals surface area contributed by atoms with E-state index in [1.807, 2.05) is 30.1 Å². The Labute approximate surface area is 76.3 Å². The van der Waals surface area contributed by atoms with Gasteiger partial charge in [-0.3, -0.25) is 4.79 Å². The van der Waals surface area contributed by atoms with Crippen molar-refractivity contribution in [3.05, 3.63) is 18.2 Å². The van der Waals surface area contributed by atoms with E-state index in [0.717, 1.165) is 11.4 Å². The normalized spacial score (nSPS) is 15.2. The summed E-state index contributed by atoms with van der Waals surface area (Å²) < 4.78 is 0. The summed E-state index contributed by atoms with van der Waals surface area (Å²) in [6, 6.07) is 5.50. The Kier molecular flexibility index (Phi) is 1.62. The molecule has 13 heavy (non-hydrogen) atoms. The number of hydrogen-bond donors (Lipinski definition) is 2. The van der Waals surface area contributed by atoms with Crippen LogP contribution in [0.4, 0.5) is 17.1 Å². The quantitative estimate of drug-likeness (QED) is 0.572. The molecule has 0 bridgehead atoms. The minimum Gasteiger partial charge on any atom is -0.397 e. The summed E-state index contributed by atoms with van der Waals surface area (Å²) in [6.07, 6.45) is 0. The number of anilines is 3. The fourth-order valence-corrected chi connectivity index (χ4v) is 1.57. The SMILES string of the molecule is CN1CC(=O)Nc2cccc(N)c21. The number of nitrogens with zero attached hydrogens (tertiary/aromatic N) is 1. The summed E-state index contributed by atoms with van der Waals surface area (Å²) in [5.74, 6) is 0.000556. The zero-order chi connectivity index (χ0) is 9.42. The molecule has 0 unspecified atom stereocenters. The summed E-state index contributed by atoms with van der Waals surface area (Å²) >= 11 is 0. The van der Waals surface area contributed by atoms with Crippen LogP contribution in [0.1, 0.15) is 0 Å². The first-order chi connectivity index (χ1) is 6.18. The molecule has 1 amide bonds. The van der Waals surface area contributed by atoms with Gasteiger partial charge in [0, 0.05) is 7.05 Å². The molecule has 3 N–H and O–H groups in total. The lowest BCUT2D eigenvalue weighted by Crippen LogP contribution is -2.35. The van der Waals surface area contributed by atoms with Gasteiger partial charge >= 0.3 is 0 Å². The van der Waals surface area contributed by atoms with Crippen LogP contribution in [0.2, 0.25) is 0 Å². The number of nitrogens with one attached hydrogen (secondary N) is 1. The monoisotopic (exact) mass is 177 g/mol. The number of benzene rings is 1. The Morgan fingerprint density at radius 3 is 3.08 bits per heavy atom. The van der Waals surface area contributed by atoms with Gasteiger partial charge in [0.05, 0.1) is 23.6 Å². The van der Waals surface area contributed by atoms with Gasteiger partial charge in [0.25, 0.3) is 0 Å². The second kappa shape index (κ2) is 2.65. The van der Waals surface area contributed by atoms with Crippen LogP contribution in [0.25, 0.3) is 0 Å². The zero-order valence-electron chi connectivity index (χ0n) is 7.37. The fourth-order valence-electron chi connectivity index (χ4n) is 1.57. The molecule has 0 spiro atoms. The lowest BCUT2D eigenvalue weighted by Gasteiger charge is -2.28. The summed E-state index contributed by atoms with van der Waals surface area (Å²) in [5, 5.41) is 2.77. The first-order valence-electron chi connectivity index (χ1n) is 4.08. The van der Waals surface area contributed by atoms with Gasteiger partial charge in [-0.25, -0.2) is 0 Å². The zero-order valence-corrected chi connectivity index (χ0v) is 7.37. The van der Waals surface area contributed by atoms with Gasteiger partial charge in [0.1, 0.15) is 0 Å². The van der Waals surface area contributed by atoms with Gasteiger partial charge in [0.15, 0.2) is 0 Å². The number of hydrogen-bond acceptors (Lipinski definition) is 3. The molecule has 0 atom stereocenters. The Hall–Kier alpha value is -1.71. The maximum absolute atomic E-state index is 11.2. The number of fused-ring (bicyclic) bond motifs is 1. The van der Waals surface area contributed by atoms with Crippen molar-refractivity contribution < 1.29 is 4.79 Å². The summed E-state index contributed by atoms with van der Waals surface area (Å²) in [5.41, 5.74) is 8.17. The van der Waals surface area contributed by atoms with Crippen molar-refractivity contribution in [2.45, 2.75) is 0 Å². The molecular formula is C9H11N3O. The molecule has 4 heteroatoms. The van der Waals surface area contributed by atoms with Gasteiger partial charge in [-0.15, -0.1) is 0 Å². The van der Waals surface area contributed by atoms with Crippen molar-refractivity contribution in [2.24, 2.45) is 0 Å². The molecule has 0 saturated heterocycles. The Morgan fingerprint density at radius 1 is 1.54 bits per heavy atom. The molecule has 1 aliphatic heterocycles. The molecule has 1 aliphatic rings. The van der Waals surface area contributed by atoms with Crippen LogP contribution in [-0.2, 0) is 4.79 Å². The van der Waals surface area contributed by atoms with E-state index in [9.17, 15) is 4.79 Å². The van der Waals surface area contributed by atoms with Crippen LogP contribution in [0.3, 0.4) is 0 Å². The molecule has 0 fully saturated rings. The smallest absolute Gasteiger partial charge is 0.243 e. The van der Waals surface area contributed by atoms with Gasteiger partial charge in [-0.05, 0) is 12.1 Å². The van der Waals surface area contributed by atoms with Gasteiger partial charge in [-0.2, -0.15) is 0 Å². The number of amides is 1. The first-order valence-corrected chi connectivity index (χ1v) is 4.08. The van der Waals surface area contributed by atoms with Gasteiger partial charge in [-0.1, -0.05) is 6.07 Å². The maximum atomic E-state index is 11.2. The summed E-state index contributed by atoms with van der Waals surface area (Å²) in [7, 11) is 1.86. The van der Waals surface area contributed by atoms with E-state index >= 15 is 0 Å². The van der Waals surface area contributed by atoms with Crippen molar-refractivity contribution >= 4 is 23.0 Å². The number of carbonyl (C=O) groups excluding carboxylic acids is 1. The lowest BCUT2D eigenvalue weighted by molar-refractivity contribution is -0.115. The minimum atomic E-state index is 0.000556. The van der Waals surface area contributed by atoms with E-state index in [1.54, 1.807) is 0 Å². The molecule has 0 aromatic heterocycles. The standard InChI is InChI=1S/C9H11N3O/c1-12-5-8(13)11-7-4-2-3-6(10)9(7)12/h2-4H,5,10H2,1H3,(H,11,13). The van der Waals surface area contributed by atoms with E-state index < -0.39 is 0 Å². The summed E-state index contributed by atoms with van der Waals surface area (Å²) in [4.78, 5) is 13.0. The van der Waals surface area contributed by atoms with Crippen molar-refractivity contribution in [2.75, 3.05) is 29.5 Å². The Balaban J connectivity index is 2.55. The minimum absolute atomic E-state index is 0.000556. The highest BCUT2D eigenvalue weighted by Crippen LogP contribution is 2.33. The van der Waals surface area contributed by atoms with Gasteiger partial charge in [0.2, 0.25) is 5.91 Å². The van der Waals surface area contributed by atoms with Crippen molar-refractivity contribution in [3.63, 3.8) is 0 Å². The van der Waals surface area contributed by atoms with Crippen molar-refractivity contribution in [1.29, 1.82) is 0 Å². The third-order valence-electron chi connectivity index (χ3n) is 2.10. The van der Waals surface area contributed by atoms with E-state index in [0.29, 0.717) is 12.2 Å². The van der Waals surface area contributed by atoms with Crippen LogP contribution in [-0.4, -0.2) is 19.5 Å². The largest absolute Gasteiger partial charge is 0.397 e. The second-order valence-corrected chi connectivity index (χ2v) is 3.15. The molecule has 68 valence electrons.